The van der Waals surface area contributed by atoms with Gasteiger partial charge in [0.2, 0.25) is 0 Å². The molecule has 1 N–H and O–H groups in total. The highest BCUT2D eigenvalue weighted by Gasteiger charge is 1.95. The Labute approximate surface area is 69.1 Å². The Morgan fingerprint density at radius 2 is 2.10 bits per heavy atom. The fourth-order valence-electron chi connectivity index (χ4n) is 0.778. The topological polar surface area (TPSA) is 12.0 Å². The third-order valence-electron chi connectivity index (χ3n) is 1.50. The molecule has 0 aliphatic rings. The van der Waals surface area contributed by atoms with Gasteiger partial charge in [-0.25, -0.2) is 0 Å². The van der Waals surface area contributed by atoms with Gasteiger partial charge in [-0.1, -0.05) is 19.8 Å². The maximum absolute atomic E-state index is 5.60. The standard InChI is InChI=1S/C8H18ClN/c1-3-4-5-6-10-8(2)7-9/h8,10H,3-7H2,1-2H3. The normalized spacial score (nSPS) is 13.5. The van der Waals surface area contributed by atoms with E-state index < -0.39 is 0 Å². The van der Waals surface area contributed by atoms with Gasteiger partial charge in [-0.2, -0.15) is 0 Å². The van der Waals surface area contributed by atoms with E-state index >= 15 is 0 Å². The Hall–Kier alpha value is 0.250. The molecule has 0 spiro atoms. The van der Waals surface area contributed by atoms with Crippen LogP contribution in [-0.4, -0.2) is 18.5 Å². The molecule has 10 heavy (non-hydrogen) atoms. The molecule has 0 aliphatic heterocycles. The molecular formula is C8H18ClN. The fraction of sp³-hybridized carbons (Fsp3) is 1.00. The molecule has 0 bridgehead atoms. The minimum atomic E-state index is 0.471. The Bertz CT molecular complexity index is 66.3. The molecule has 62 valence electrons. The summed E-state index contributed by atoms with van der Waals surface area (Å²) in [6.07, 6.45) is 3.89. The first-order chi connectivity index (χ1) is 4.81. The van der Waals surface area contributed by atoms with Crippen molar-refractivity contribution in [2.75, 3.05) is 12.4 Å². The van der Waals surface area contributed by atoms with Gasteiger partial charge >= 0.3 is 0 Å². The lowest BCUT2D eigenvalue weighted by Gasteiger charge is -2.08. The van der Waals surface area contributed by atoms with Crippen LogP contribution in [-0.2, 0) is 0 Å². The number of hydrogen-bond donors (Lipinski definition) is 1. The van der Waals surface area contributed by atoms with E-state index in [0.29, 0.717) is 11.9 Å². The monoisotopic (exact) mass is 163 g/mol. The van der Waals surface area contributed by atoms with Gasteiger partial charge in [-0.05, 0) is 19.9 Å². The number of halogens is 1. The molecule has 0 radical (unpaired) electrons. The highest BCUT2D eigenvalue weighted by molar-refractivity contribution is 6.18. The van der Waals surface area contributed by atoms with Crippen LogP contribution in [0.25, 0.3) is 0 Å². The third-order valence-corrected chi connectivity index (χ3v) is 1.97. The Balaban J connectivity index is 2.89. The number of hydrogen-bond acceptors (Lipinski definition) is 1. The van der Waals surface area contributed by atoms with E-state index in [1.165, 1.54) is 19.3 Å². The van der Waals surface area contributed by atoms with Gasteiger partial charge in [0.25, 0.3) is 0 Å². The van der Waals surface area contributed by atoms with Crippen molar-refractivity contribution in [1.29, 1.82) is 0 Å². The van der Waals surface area contributed by atoms with Crippen LogP contribution < -0.4 is 5.32 Å². The summed E-state index contributed by atoms with van der Waals surface area (Å²) in [5.74, 6) is 0.714. The fourth-order valence-corrected chi connectivity index (χ4v) is 0.887. The molecule has 0 aromatic heterocycles. The van der Waals surface area contributed by atoms with Gasteiger partial charge in [-0.3, -0.25) is 0 Å². The van der Waals surface area contributed by atoms with E-state index in [0.717, 1.165) is 6.54 Å². The second-order valence-electron chi connectivity index (χ2n) is 2.72. The minimum absolute atomic E-state index is 0.471. The summed E-state index contributed by atoms with van der Waals surface area (Å²) in [7, 11) is 0. The van der Waals surface area contributed by atoms with Crippen molar-refractivity contribution in [1.82, 2.24) is 5.32 Å². The van der Waals surface area contributed by atoms with Crippen LogP contribution in [0.1, 0.15) is 33.1 Å². The second kappa shape index (κ2) is 7.36. The van der Waals surface area contributed by atoms with Crippen molar-refractivity contribution in [3.8, 4) is 0 Å². The van der Waals surface area contributed by atoms with E-state index in [1.54, 1.807) is 0 Å². The van der Waals surface area contributed by atoms with Gasteiger partial charge in [0.1, 0.15) is 0 Å². The molecular weight excluding hydrogens is 146 g/mol. The highest BCUT2D eigenvalue weighted by atomic mass is 35.5. The summed E-state index contributed by atoms with van der Waals surface area (Å²) in [4.78, 5) is 0. The predicted molar refractivity (Wildman–Crippen MR) is 47.7 cm³/mol. The van der Waals surface area contributed by atoms with Gasteiger partial charge in [-0.15, -0.1) is 11.6 Å². The Kier molecular flexibility index (Phi) is 7.54. The smallest absolute Gasteiger partial charge is 0.0374 e. The van der Waals surface area contributed by atoms with Gasteiger partial charge < -0.3 is 5.32 Å². The number of nitrogens with one attached hydrogen (secondary N) is 1. The molecule has 1 atom stereocenters. The Morgan fingerprint density at radius 3 is 2.60 bits per heavy atom. The van der Waals surface area contributed by atoms with Crippen LogP contribution in [0.15, 0.2) is 0 Å². The minimum Gasteiger partial charge on any atom is -0.313 e. The molecule has 1 unspecified atom stereocenters. The number of unbranched alkanes of at least 4 members (excludes halogenated alkanes) is 2. The summed E-state index contributed by atoms with van der Waals surface area (Å²) in [5.41, 5.74) is 0. The molecule has 0 heterocycles. The van der Waals surface area contributed by atoms with E-state index in [4.69, 9.17) is 11.6 Å². The lowest BCUT2D eigenvalue weighted by molar-refractivity contribution is 0.558. The summed E-state index contributed by atoms with van der Waals surface area (Å²) < 4.78 is 0. The SMILES string of the molecule is CCCCCNC(C)CCl. The van der Waals surface area contributed by atoms with E-state index in [1.807, 2.05) is 0 Å². The van der Waals surface area contributed by atoms with Crippen LogP contribution in [0.5, 0.6) is 0 Å². The molecule has 0 fully saturated rings. The number of alkyl halides is 1. The zero-order valence-corrected chi connectivity index (χ0v) is 7.75. The summed E-state index contributed by atoms with van der Waals surface area (Å²) >= 11 is 5.60. The van der Waals surface area contributed by atoms with Crippen LogP contribution in [0.2, 0.25) is 0 Å². The second-order valence-corrected chi connectivity index (χ2v) is 3.03. The van der Waals surface area contributed by atoms with Crippen LogP contribution in [0, 0.1) is 0 Å². The van der Waals surface area contributed by atoms with E-state index in [-0.39, 0.29) is 0 Å². The molecule has 0 aliphatic carbocycles. The van der Waals surface area contributed by atoms with Crippen molar-refractivity contribution < 1.29 is 0 Å². The van der Waals surface area contributed by atoms with E-state index in [2.05, 4.69) is 19.2 Å². The van der Waals surface area contributed by atoms with Crippen LogP contribution in [0.4, 0.5) is 0 Å². The van der Waals surface area contributed by atoms with Crippen molar-refractivity contribution in [2.45, 2.75) is 39.2 Å². The maximum Gasteiger partial charge on any atom is 0.0374 e. The van der Waals surface area contributed by atoms with Gasteiger partial charge in [0.15, 0.2) is 0 Å². The molecule has 2 heteroatoms. The van der Waals surface area contributed by atoms with Crippen LogP contribution in [0.3, 0.4) is 0 Å². The summed E-state index contributed by atoms with van der Waals surface area (Å²) in [5, 5.41) is 3.34. The average Bonchev–Trinajstić information content (AvgIpc) is 1.98. The van der Waals surface area contributed by atoms with Crippen molar-refractivity contribution in [3.63, 3.8) is 0 Å². The lowest BCUT2D eigenvalue weighted by Crippen LogP contribution is -2.28. The predicted octanol–water partition coefficient (Wildman–Crippen LogP) is 2.39. The van der Waals surface area contributed by atoms with Gasteiger partial charge in [0.05, 0.1) is 0 Å². The first kappa shape index (κ1) is 10.2. The Morgan fingerprint density at radius 1 is 1.40 bits per heavy atom. The van der Waals surface area contributed by atoms with E-state index in [9.17, 15) is 0 Å². The summed E-state index contributed by atoms with van der Waals surface area (Å²) in [6.45, 7) is 5.44. The van der Waals surface area contributed by atoms with Gasteiger partial charge in [0, 0.05) is 11.9 Å². The number of rotatable bonds is 6. The summed E-state index contributed by atoms with van der Waals surface area (Å²) in [6, 6.07) is 0.471. The zero-order valence-electron chi connectivity index (χ0n) is 6.99. The molecule has 0 amide bonds. The average molecular weight is 164 g/mol. The molecule has 0 saturated carbocycles. The first-order valence-electron chi connectivity index (χ1n) is 4.10. The molecule has 0 aromatic rings. The lowest BCUT2D eigenvalue weighted by atomic mass is 10.2. The highest BCUT2D eigenvalue weighted by Crippen LogP contribution is 1.92. The third kappa shape index (κ3) is 6.37. The first-order valence-corrected chi connectivity index (χ1v) is 4.64. The quantitative estimate of drug-likeness (QED) is 0.469. The molecule has 1 nitrogen and oxygen atoms in total. The van der Waals surface area contributed by atoms with Crippen molar-refractivity contribution in [3.05, 3.63) is 0 Å². The maximum atomic E-state index is 5.60. The zero-order chi connectivity index (χ0) is 7.82. The van der Waals surface area contributed by atoms with Crippen molar-refractivity contribution in [2.24, 2.45) is 0 Å². The largest absolute Gasteiger partial charge is 0.313 e. The van der Waals surface area contributed by atoms with Crippen molar-refractivity contribution >= 4 is 11.6 Å². The molecule has 0 saturated heterocycles. The van der Waals surface area contributed by atoms with Crippen LogP contribution >= 0.6 is 11.6 Å². The molecule has 0 rings (SSSR count). The molecule has 0 aromatic carbocycles.